The quantitative estimate of drug-likeness (QED) is 0.610. The molecule has 0 aromatic carbocycles. The topological polar surface area (TPSA) is 106 Å². The molecule has 8 nitrogen and oxygen atoms in total. The van der Waals surface area contributed by atoms with E-state index in [0.29, 0.717) is 6.61 Å². The Morgan fingerprint density at radius 1 is 1.63 bits per heavy atom. The van der Waals surface area contributed by atoms with Crippen molar-refractivity contribution in [1.82, 2.24) is 4.98 Å². The molecule has 1 aromatic heterocycles. The Morgan fingerprint density at radius 3 is 2.74 bits per heavy atom. The van der Waals surface area contributed by atoms with Crippen LogP contribution >= 0.6 is 0 Å². The van der Waals surface area contributed by atoms with Gasteiger partial charge < -0.3 is 14.7 Å². The third-order valence-corrected chi connectivity index (χ3v) is 2.67. The van der Waals surface area contributed by atoms with Gasteiger partial charge in [0.2, 0.25) is 5.82 Å². The van der Waals surface area contributed by atoms with Gasteiger partial charge in [-0.15, -0.1) is 0 Å². The molecule has 0 aliphatic heterocycles. The van der Waals surface area contributed by atoms with Crippen molar-refractivity contribution < 1.29 is 19.6 Å². The Bertz CT molecular complexity index is 491. The molecule has 1 aromatic rings. The molecule has 1 N–H and O–H groups in total. The Labute approximate surface area is 109 Å². The lowest BCUT2D eigenvalue weighted by Crippen LogP contribution is -2.34. The van der Waals surface area contributed by atoms with Crippen LogP contribution in [0.25, 0.3) is 0 Å². The van der Waals surface area contributed by atoms with E-state index >= 15 is 0 Å². The standard InChI is InChI=1S/C11H15N3O5/c1-7(6-19-3)13(2)10-9(14(17)18)5-4-8(12-10)11(15)16/h4-5,7H,6H2,1-3H3,(H,15,16). The number of pyridine rings is 1. The zero-order valence-electron chi connectivity index (χ0n) is 10.9. The Kier molecular flexibility index (Phi) is 4.76. The molecular weight excluding hydrogens is 254 g/mol. The monoisotopic (exact) mass is 269 g/mol. The number of nitrogens with zero attached hydrogens (tertiary/aromatic N) is 3. The summed E-state index contributed by atoms with van der Waals surface area (Å²) in [6.07, 6.45) is 0. The molecule has 0 saturated heterocycles. The van der Waals surface area contributed by atoms with Gasteiger partial charge in [0.1, 0.15) is 0 Å². The average molecular weight is 269 g/mol. The van der Waals surface area contributed by atoms with Gasteiger partial charge in [-0.1, -0.05) is 0 Å². The normalized spacial score (nSPS) is 11.9. The highest BCUT2D eigenvalue weighted by Crippen LogP contribution is 2.26. The van der Waals surface area contributed by atoms with E-state index in [1.165, 1.54) is 12.0 Å². The first-order valence-electron chi connectivity index (χ1n) is 5.49. The molecule has 19 heavy (non-hydrogen) atoms. The summed E-state index contributed by atoms with van der Waals surface area (Å²) < 4.78 is 4.97. The first-order valence-corrected chi connectivity index (χ1v) is 5.49. The number of nitro groups is 1. The minimum atomic E-state index is -1.23. The van der Waals surface area contributed by atoms with Crippen molar-refractivity contribution >= 4 is 17.5 Å². The molecule has 1 rings (SSSR count). The van der Waals surface area contributed by atoms with Gasteiger partial charge in [-0.3, -0.25) is 10.1 Å². The summed E-state index contributed by atoms with van der Waals surface area (Å²) in [6, 6.07) is 2.07. The van der Waals surface area contributed by atoms with Crippen LogP contribution in [0.3, 0.4) is 0 Å². The summed E-state index contributed by atoms with van der Waals surface area (Å²) >= 11 is 0. The molecule has 0 fully saturated rings. The Morgan fingerprint density at radius 2 is 2.26 bits per heavy atom. The fourth-order valence-electron chi connectivity index (χ4n) is 1.52. The summed E-state index contributed by atoms with van der Waals surface area (Å²) in [4.78, 5) is 26.6. The first kappa shape index (κ1) is 14.8. The number of rotatable bonds is 6. The van der Waals surface area contributed by atoms with Gasteiger partial charge in [-0.25, -0.2) is 9.78 Å². The fraction of sp³-hybridized carbons (Fsp3) is 0.455. The molecule has 0 saturated carbocycles. The molecule has 0 aliphatic rings. The third kappa shape index (κ3) is 3.38. The van der Waals surface area contributed by atoms with Crippen LogP contribution < -0.4 is 4.90 Å². The summed E-state index contributed by atoms with van der Waals surface area (Å²) in [5.41, 5.74) is -0.479. The number of methoxy groups -OCH3 is 1. The van der Waals surface area contributed by atoms with Crippen LogP contribution in [0.2, 0.25) is 0 Å². The number of aromatic nitrogens is 1. The van der Waals surface area contributed by atoms with Gasteiger partial charge in [-0.05, 0) is 13.0 Å². The Hall–Kier alpha value is -2.22. The van der Waals surface area contributed by atoms with Crippen molar-refractivity contribution in [2.75, 3.05) is 25.7 Å². The number of carbonyl (C=O) groups is 1. The van der Waals surface area contributed by atoms with Crippen LogP contribution in [0.15, 0.2) is 12.1 Å². The predicted molar refractivity (Wildman–Crippen MR) is 67.6 cm³/mol. The van der Waals surface area contributed by atoms with Gasteiger partial charge in [0.05, 0.1) is 17.6 Å². The number of hydrogen-bond acceptors (Lipinski definition) is 6. The van der Waals surface area contributed by atoms with Crippen molar-refractivity contribution in [3.63, 3.8) is 0 Å². The molecule has 0 spiro atoms. The van der Waals surface area contributed by atoms with E-state index in [9.17, 15) is 14.9 Å². The van der Waals surface area contributed by atoms with Crippen molar-refractivity contribution in [3.8, 4) is 0 Å². The first-order chi connectivity index (χ1) is 8.88. The lowest BCUT2D eigenvalue weighted by atomic mass is 10.2. The summed E-state index contributed by atoms with van der Waals surface area (Å²) in [7, 11) is 3.12. The second-order valence-corrected chi connectivity index (χ2v) is 4.02. The molecule has 1 unspecified atom stereocenters. The third-order valence-electron chi connectivity index (χ3n) is 2.67. The van der Waals surface area contributed by atoms with Gasteiger partial charge in [0.25, 0.3) is 0 Å². The minimum Gasteiger partial charge on any atom is -0.477 e. The molecule has 104 valence electrons. The van der Waals surface area contributed by atoms with Gasteiger partial charge in [-0.2, -0.15) is 0 Å². The number of aromatic carboxylic acids is 1. The molecule has 8 heteroatoms. The predicted octanol–water partition coefficient (Wildman–Crippen LogP) is 1.16. The van der Waals surface area contributed by atoms with Crippen LogP contribution in [0, 0.1) is 10.1 Å². The van der Waals surface area contributed by atoms with E-state index in [1.54, 1.807) is 14.0 Å². The molecule has 0 aliphatic carbocycles. The summed E-state index contributed by atoms with van der Waals surface area (Å²) in [5.74, 6) is -1.22. The van der Waals surface area contributed by atoms with E-state index in [1.807, 2.05) is 0 Å². The van der Waals surface area contributed by atoms with E-state index in [2.05, 4.69) is 4.98 Å². The zero-order valence-corrected chi connectivity index (χ0v) is 10.9. The number of carboxylic acids is 1. The smallest absolute Gasteiger partial charge is 0.354 e. The van der Waals surface area contributed by atoms with Gasteiger partial charge in [0.15, 0.2) is 5.69 Å². The van der Waals surface area contributed by atoms with E-state index < -0.39 is 10.9 Å². The maximum Gasteiger partial charge on any atom is 0.354 e. The van der Waals surface area contributed by atoms with Crippen molar-refractivity contribution in [2.45, 2.75) is 13.0 Å². The lowest BCUT2D eigenvalue weighted by molar-refractivity contribution is -0.384. The fourth-order valence-corrected chi connectivity index (χ4v) is 1.52. The maximum absolute atomic E-state index is 10.9. The highest BCUT2D eigenvalue weighted by Gasteiger charge is 2.24. The molecule has 1 atom stereocenters. The maximum atomic E-state index is 10.9. The molecule has 0 amide bonds. The second kappa shape index (κ2) is 6.10. The number of hydrogen-bond donors (Lipinski definition) is 1. The van der Waals surface area contributed by atoms with Crippen LogP contribution in [0.5, 0.6) is 0 Å². The van der Waals surface area contributed by atoms with Crippen LogP contribution in [0.4, 0.5) is 11.5 Å². The zero-order chi connectivity index (χ0) is 14.6. The highest BCUT2D eigenvalue weighted by molar-refractivity contribution is 5.86. The Balaban J connectivity index is 3.24. The largest absolute Gasteiger partial charge is 0.477 e. The van der Waals surface area contributed by atoms with Crippen molar-refractivity contribution in [3.05, 3.63) is 27.9 Å². The number of carboxylic acid groups (broad SMARTS) is 1. The van der Waals surface area contributed by atoms with Crippen molar-refractivity contribution in [2.24, 2.45) is 0 Å². The minimum absolute atomic E-state index is 0.00875. The SMILES string of the molecule is COCC(C)N(C)c1nc(C(=O)O)ccc1[N+](=O)[O-]. The molecule has 1 heterocycles. The molecular formula is C11H15N3O5. The van der Waals surface area contributed by atoms with Crippen LogP contribution in [0.1, 0.15) is 17.4 Å². The van der Waals surface area contributed by atoms with Crippen molar-refractivity contribution in [1.29, 1.82) is 0 Å². The number of ether oxygens (including phenoxy) is 1. The second-order valence-electron chi connectivity index (χ2n) is 4.02. The van der Waals surface area contributed by atoms with Gasteiger partial charge >= 0.3 is 11.7 Å². The lowest BCUT2D eigenvalue weighted by Gasteiger charge is -2.25. The highest BCUT2D eigenvalue weighted by atomic mass is 16.6. The molecule has 0 bridgehead atoms. The number of anilines is 1. The summed E-state index contributed by atoms with van der Waals surface area (Å²) in [6.45, 7) is 2.13. The average Bonchev–Trinajstić information content (AvgIpc) is 2.37. The summed E-state index contributed by atoms with van der Waals surface area (Å²) in [5, 5.41) is 19.8. The van der Waals surface area contributed by atoms with Gasteiger partial charge in [0, 0.05) is 20.2 Å². The van der Waals surface area contributed by atoms with E-state index in [4.69, 9.17) is 9.84 Å². The van der Waals surface area contributed by atoms with Crippen LogP contribution in [-0.2, 0) is 4.74 Å². The van der Waals surface area contributed by atoms with Crippen LogP contribution in [-0.4, -0.2) is 47.8 Å². The van der Waals surface area contributed by atoms with E-state index in [0.717, 1.165) is 12.1 Å². The molecule has 0 radical (unpaired) electrons. The van der Waals surface area contributed by atoms with E-state index in [-0.39, 0.29) is 23.2 Å². The number of likely N-dealkylation sites (N-methyl/N-ethyl adjacent to an activating group) is 1.